The molecule has 1 heterocycles. The fourth-order valence-corrected chi connectivity index (χ4v) is 3.64. The van der Waals surface area contributed by atoms with E-state index in [2.05, 4.69) is 24.5 Å². The van der Waals surface area contributed by atoms with Crippen molar-refractivity contribution < 1.29 is 4.79 Å². The van der Waals surface area contributed by atoms with Crippen LogP contribution in [0.4, 0.5) is 0 Å². The molecule has 3 nitrogen and oxygen atoms in total. The lowest BCUT2D eigenvalue weighted by Gasteiger charge is -2.36. The molecular formula is C13H24N2OS. The second-order valence-corrected chi connectivity index (χ2v) is 7.28. The summed E-state index contributed by atoms with van der Waals surface area (Å²) in [5, 5.41) is 6.53. The van der Waals surface area contributed by atoms with Crippen LogP contribution in [0.25, 0.3) is 0 Å². The van der Waals surface area contributed by atoms with Gasteiger partial charge in [0.05, 0.1) is 6.04 Å². The number of amides is 1. The van der Waals surface area contributed by atoms with Gasteiger partial charge in [0.25, 0.3) is 0 Å². The zero-order valence-corrected chi connectivity index (χ0v) is 11.9. The largest absolute Gasteiger partial charge is 0.352 e. The van der Waals surface area contributed by atoms with Crippen molar-refractivity contribution in [1.29, 1.82) is 0 Å². The number of rotatable bonds is 4. The number of carbonyl (C=O) groups excluding carboxylic acids is 1. The van der Waals surface area contributed by atoms with E-state index in [4.69, 9.17) is 0 Å². The van der Waals surface area contributed by atoms with Crippen molar-refractivity contribution in [3.8, 4) is 0 Å². The standard InChI is InChI=1S/C13H24N2OS/c1-9(12(16)15-10-4-5-10)14-11-6-13(2,3)8-17-7-11/h9-11,14H,4-8H2,1-3H3,(H,15,16). The first-order valence-electron chi connectivity index (χ1n) is 6.60. The monoisotopic (exact) mass is 256 g/mol. The normalized spacial score (nSPS) is 29.7. The lowest BCUT2D eigenvalue weighted by atomic mass is 9.87. The molecule has 1 saturated heterocycles. The zero-order chi connectivity index (χ0) is 12.5. The maximum Gasteiger partial charge on any atom is 0.237 e. The van der Waals surface area contributed by atoms with Crippen LogP contribution in [0.2, 0.25) is 0 Å². The van der Waals surface area contributed by atoms with Crippen molar-refractivity contribution >= 4 is 17.7 Å². The Hall–Kier alpha value is -0.220. The summed E-state index contributed by atoms with van der Waals surface area (Å²) in [4.78, 5) is 11.8. The molecule has 0 bridgehead atoms. The smallest absolute Gasteiger partial charge is 0.237 e. The predicted octanol–water partition coefficient (Wildman–Crippen LogP) is 1.77. The average Bonchev–Trinajstić information content (AvgIpc) is 2.99. The summed E-state index contributed by atoms with van der Waals surface area (Å²) in [6.07, 6.45) is 3.48. The first-order valence-corrected chi connectivity index (χ1v) is 7.76. The van der Waals surface area contributed by atoms with Crippen LogP contribution in [0, 0.1) is 5.41 Å². The Morgan fingerprint density at radius 2 is 2.06 bits per heavy atom. The van der Waals surface area contributed by atoms with E-state index in [1.54, 1.807) is 0 Å². The van der Waals surface area contributed by atoms with Gasteiger partial charge in [-0.15, -0.1) is 0 Å². The van der Waals surface area contributed by atoms with Crippen LogP contribution in [-0.4, -0.2) is 35.5 Å². The third-order valence-electron chi connectivity index (χ3n) is 3.41. The summed E-state index contributed by atoms with van der Waals surface area (Å²) in [7, 11) is 0. The fraction of sp³-hybridized carbons (Fsp3) is 0.923. The molecule has 4 heteroatoms. The SMILES string of the molecule is CC(NC1CSCC(C)(C)C1)C(=O)NC1CC1. The maximum absolute atomic E-state index is 11.8. The highest BCUT2D eigenvalue weighted by molar-refractivity contribution is 7.99. The van der Waals surface area contributed by atoms with Crippen LogP contribution >= 0.6 is 11.8 Å². The Balaban J connectivity index is 1.76. The van der Waals surface area contributed by atoms with Gasteiger partial charge in [-0.25, -0.2) is 0 Å². The highest BCUT2D eigenvalue weighted by Crippen LogP contribution is 2.33. The van der Waals surface area contributed by atoms with Crippen molar-refractivity contribution in [2.75, 3.05) is 11.5 Å². The van der Waals surface area contributed by atoms with E-state index >= 15 is 0 Å². The minimum absolute atomic E-state index is 0.0601. The topological polar surface area (TPSA) is 41.1 Å². The molecular weight excluding hydrogens is 232 g/mol. The highest BCUT2D eigenvalue weighted by atomic mass is 32.2. The summed E-state index contributed by atoms with van der Waals surface area (Å²) < 4.78 is 0. The summed E-state index contributed by atoms with van der Waals surface area (Å²) >= 11 is 2.00. The van der Waals surface area contributed by atoms with E-state index in [0.717, 1.165) is 18.6 Å². The molecule has 2 atom stereocenters. The Morgan fingerprint density at radius 1 is 1.35 bits per heavy atom. The Morgan fingerprint density at radius 3 is 2.65 bits per heavy atom. The van der Waals surface area contributed by atoms with Gasteiger partial charge < -0.3 is 10.6 Å². The number of nitrogens with one attached hydrogen (secondary N) is 2. The summed E-state index contributed by atoms with van der Waals surface area (Å²) in [5.74, 6) is 2.53. The van der Waals surface area contributed by atoms with Gasteiger partial charge in [0.15, 0.2) is 0 Å². The molecule has 2 unspecified atom stereocenters. The fourth-order valence-electron chi connectivity index (χ4n) is 2.35. The number of thioether (sulfide) groups is 1. The Labute approximate surface area is 108 Å². The molecule has 1 aliphatic carbocycles. The zero-order valence-electron chi connectivity index (χ0n) is 11.1. The van der Waals surface area contributed by atoms with Crippen molar-refractivity contribution in [2.45, 2.75) is 58.2 Å². The minimum atomic E-state index is -0.0601. The van der Waals surface area contributed by atoms with Crippen molar-refractivity contribution in [3.05, 3.63) is 0 Å². The molecule has 0 aromatic rings. The molecule has 0 spiro atoms. The van der Waals surface area contributed by atoms with E-state index in [9.17, 15) is 4.79 Å². The molecule has 0 aromatic carbocycles. The molecule has 17 heavy (non-hydrogen) atoms. The second kappa shape index (κ2) is 5.19. The Bertz CT molecular complexity index is 289. The van der Waals surface area contributed by atoms with Gasteiger partial charge in [-0.1, -0.05) is 13.8 Å². The molecule has 2 N–H and O–H groups in total. The van der Waals surface area contributed by atoms with E-state index in [-0.39, 0.29) is 11.9 Å². The molecule has 2 fully saturated rings. The number of hydrogen-bond acceptors (Lipinski definition) is 3. The van der Waals surface area contributed by atoms with Crippen LogP contribution in [0.3, 0.4) is 0 Å². The van der Waals surface area contributed by atoms with Crippen molar-refractivity contribution in [3.63, 3.8) is 0 Å². The minimum Gasteiger partial charge on any atom is -0.352 e. The van der Waals surface area contributed by atoms with Gasteiger partial charge in [0, 0.05) is 17.8 Å². The number of carbonyl (C=O) groups is 1. The summed E-state index contributed by atoms with van der Waals surface area (Å²) in [6.45, 7) is 6.59. The van der Waals surface area contributed by atoms with Crippen LogP contribution in [0.1, 0.15) is 40.0 Å². The van der Waals surface area contributed by atoms with Crippen molar-refractivity contribution in [1.82, 2.24) is 10.6 Å². The van der Waals surface area contributed by atoms with Crippen LogP contribution in [-0.2, 0) is 4.79 Å². The highest BCUT2D eigenvalue weighted by Gasteiger charge is 2.31. The van der Waals surface area contributed by atoms with Crippen LogP contribution in [0.5, 0.6) is 0 Å². The first-order chi connectivity index (χ1) is 7.96. The Kier molecular flexibility index (Phi) is 4.03. The van der Waals surface area contributed by atoms with Gasteiger partial charge in [-0.05, 0) is 37.4 Å². The molecule has 98 valence electrons. The average molecular weight is 256 g/mol. The molecule has 0 aromatic heterocycles. The molecule has 2 aliphatic rings. The van der Waals surface area contributed by atoms with Crippen LogP contribution < -0.4 is 10.6 Å². The van der Waals surface area contributed by atoms with Gasteiger partial charge >= 0.3 is 0 Å². The first kappa shape index (κ1) is 13.2. The molecule has 0 radical (unpaired) electrons. The molecule has 1 aliphatic heterocycles. The third-order valence-corrected chi connectivity index (χ3v) is 5.04. The van der Waals surface area contributed by atoms with Gasteiger partial charge in [0.2, 0.25) is 5.91 Å². The van der Waals surface area contributed by atoms with E-state index in [1.807, 2.05) is 18.7 Å². The van der Waals surface area contributed by atoms with Gasteiger partial charge in [0.1, 0.15) is 0 Å². The quantitative estimate of drug-likeness (QED) is 0.805. The maximum atomic E-state index is 11.8. The van der Waals surface area contributed by atoms with Crippen molar-refractivity contribution in [2.24, 2.45) is 5.41 Å². The second-order valence-electron chi connectivity index (χ2n) is 6.25. The van der Waals surface area contributed by atoms with Gasteiger partial charge in [-0.2, -0.15) is 11.8 Å². The number of hydrogen-bond donors (Lipinski definition) is 2. The lowest BCUT2D eigenvalue weighted by Crippen LogP contribution is -2.50. The van der Waals surface area contributed by atoms with E-state index < -0.39 is 0 Å². The lowest BCUT2D eigenvalue weighted by molar-refractivity contribution is -0.123. The van der Waals surface area contributed by atoms with E-state index in [0.29, 0.717) is 17.5 Å². The molecule has 2 rings (SSSR count). The van der Waals surface area contributed by atoms with Gasteiger partial charge in [-0.3, -0.25) is 4.79 Å². The van der Waals surface area contributed by atoms with E-state index in [1.165, 1.54) is 12.2 Å². The predicted molar refractivity (Wildman–Crippen MR) is 73.3 cm³/mol. The third kappa shape index (κ3) is 4.18. The van der Waals surface area contributed by atoms with Crippen LogP contribution in [0.15, 0.2) is 0 Å². The molecule has 1 saturated carbocycles. The summed E-state index contributed by atoms with van der Waals surface area (Å²) in [5.41, 5.74) is 0.396. The molecule has 1 amide bonds. The summed E-state index contributed by atoms with van der Waals surface area (Å²) in [6, 6.07) is 0.878.